The molecule has 1 amide bonds. The number of ether oxygens (including phenoxy) is 1. The van der Waals surface area contributed by atoms with E-state index < -0.39 is 6.10 Å². The number of aliphatic hydroxyl groups excluding tert-OH is 1. The molecule has 166 valence electrons. The van der Waals surface area contributed by atoms with Gasteiger partial charge in [0.2, 0.25) is 0 Å². The predicted octanol–water partition coefficient (Wildman–Crippen LogP) is 2.83. The summed E-state index contributed by atoms with van der Waals surface area (Å²) < 4.78 is 6.16. The van der Waals surface area contributed by atoms with E-state index in [2.05, 4.69) is 9.97 Å². The lowest BCUT2D eigenvalue weighted by Crippen LogP contribution is -2.42. The second-order valence-corrected chi connectivity index (χ2v) is 9.04. The average molecular weight is 434 g/mol. The maximum Gasteiger partial charge on any atom is 0.255 e. The Hall–Kier alpha value is -3.19. The van der Waals surface area contributed by atoms with Gasteiger partial charge in [-0.05, 0) is 56.7 Å². The van der Waals surface area contributed by atoms with Gasteiger partial charge in [-0.3, -0.25) is 14.6 Å². The first kappa shape index (κ1) is 20.7. The zero-order valence-electron chi connectivity index (χ0n) is 18.2. The van der Waals surface area contributed by atoms with E-state index in [1.54, 1.807) is 12.1 Å². The SMILES string of the molecule is Cc1ccc(O[C@@H]2C[C@@H]3CN(C(=O)c4c[nH]c(=O)c5ccccc45)C[C@@H]3C[C@H]2O)c(C)n1. The summed E-state index contributed by atoms with van der Waals surface area (Å²) in [5.41, 5.74) is 2.05. The Morgan fingerprint density at radius 2 is 1.81 bits per heavy atom. The molecule has 3 aromatic rings. The molecular weight excluding hydrogens is 406 g/mol. The molecule has 1 aliphatic carbocycles. The monoisotopic (exact) mass is 433 g/mol. The average Bonchev–Trinajstić information content (AvgIpc) is 3.18. The number of nitrogens with zero attached hydrogens (tertiary/aromatic N) is 2. The van der Waals surface area contributed by atoms with Crippen molar-refractivity contribution in [1.29, 1.82) is 0 Å². The maximum atomic E-state index is 13.3. The molecule has 0 unspecified atom stereocenters. The third kappa shape index (κ3) is 3.66. The fourth-order valence-electron chi connectivity index (χ4n) is 5.20. The van der Waals surface area contributed by atoms with Crippen LogP contribution in [-0.4, -0.2) is 51.2 Å². The minimum absolute atomic E-state index is 0.0858. The quantitative estimate of drug-likeness (QED) is 0.662. The summed E-state index contributed by atoms with van der Waals surface area (Å²) in [7, 11) is 0. The Balaban J connectivity index is 1.33. The second-order valence-electron chi connectivity index (χ2n) is 9.04. The first-order valence-corrected chi connectivity index (χ1v) is 11.1. The first-order valence-electron chi connectivity index (χ1n) is 11.1. The van der Waals surface area contributed by atoms with Crippen molar-refractivity contribution < 1.29 is 14.6 Å². The molecule has 1 saturated heterocycles. The van der Waals surface area contributed by atoms with Gasteiger partial charge in [-0.15, -0.1) is 0 Å². The van der Waals surface area contributed by atoms with Crippen LogP contribution in [-0.2, 0) is 0 Å². The molecule has 2 aliphatic rings. The molecule has 1 aromatic carbocycles. The Labute approximate surface area is 186 Å². The molecule has 0 spiro atoms. The van der Waals surface area contributed by atoms with Gasteiger partial charge >= 0.3 is 0 Å². The maximum absolute atomic E-state index is 13.3. The summed E-state index contributed by atoms with van der Waals surface area (Å²) in [6, 6.07) is 11.0. The Morgan fingerprint density at radius 1 is 1.09 bits per heavy atom. The number of aromatic nitrogens is 2. The number of carbonyl (C=O) groups excluding carboxylic acids is 1. The predicted molar refractivity (Wildman–Crippen MR) is 121 cm³/mol. The van der Waals surface area contributed by atoms with E-state index in [0.29, 0.717) is 48.0 Å². The topological polar surface area (TPSA) is 95.5 Å². The lowest BCUT2D eigenvalue weighted by molar-refractivity contribution is -0.0236. The number of rotatable bonds is 3. The summed E-state index contributed by atoms with van der Waals surface area (Å²) in [5.74, 6) is 1.11. The molecule has 7 nitrogen and oxygen atoms in total. The van der Waals surface area contributed by atoms with Crippen LogP contribution in [0, 0.1) is 25.7 Å². The molecule has 7 heteroatoms. The molecular formula is C25H27N3O4. The highest BCUT2D eigenvalue weighted by Crippen LogP contribution is 2.39. The number of hydrogen-bond donors (Lipinski definition) is 2. The third-order valence-corrected chi connectivity index (χ3v) is 6.87. The van der Waals surface area contributed by atoms with Gasteiger partial charge in [0.05, 0.1) is 17.4 Å². The zero-order chi connectivity index (χ0) is 22.4. The van der Waals surface area contributed by atoms with Crippen LogP contribution >= 0.6 is 0 Å². The summed E-state index contributed by atoms with van der Waals surface area (Å²) >= 11 is 0. The second kappa shape index (κ2) is 8.06. The van der Waals surface area contributed by atoms with Crippen molar-refractivity contribution in [3.05, 3.63) is 69.9 Å². The van der Waals surface area contributed by atoms with Gasteiger partial charge < -0.3 is 19.7 Å². The van der Waals surface area contributed by atoms with E-state index in [1.165, 1.54) is 6.20 Å². The van der Waals surface area contributed by atoms with Crippen molar-refractivity contribution in [3.63, 3.8) is 0 Å². The van der Waals surface area contributed by atoms with Gasteiger partial charge in [0, 0.05) is 35.8 Å². The summed E-state index contributed by atoms with van der Waals surface area (Å²) in [6.45, 7) is 5.07. The number of carbonyl (C=O) groups is 1. The largest absolute Gasteiger partial charge is 0.486 e. The zero-order valence-corrected chi connectivity index (χ0v) is 18.2. The number of benzene rings is 1. The molecule has 4 atom stereocenters. The van der Waals surface area contributed by atoms with Crippen LogP contribution < -0.4 is 10.3 Å². The minimum atomic E-state index is -0.582. The number of hydrogen-bond acceptors (Lipinski definition) is 5. The third-order valence-electron chi connectivity index (χ3n) is 6.87. The molecule has 32 heavy (non-hydrogen) atoms. The van der Waals surface area contributed by atoms with E-state index in [1.807, 2.05) is 43.0 Å². The standard InChI is InChI=1S/C25H27N3O4/c1-14-7-8-22(15(2)27-14)32-23-10-17-13-28(12-16(17)9-21(23)29)25(31)20-11-26-24(30)19-6-4-3-5-18(19)20/h3-8,11,16-17,21,23,29H,9-10,12-13H2,1-2H3,(H,26,30)/t16-,17+,21+,23+/m0/s1. The smallest absolute Gasteiger partial charge is 0.255 e. The highest BCUT2D eigenvalue weighted by atomic mass is 16.5. The molecule has 0 radical (unpaired) electrons. The van der Waals surface area contributed by atoms with Gasteiger partial charge in [0.25, 0.3) is 11.5 Å². The molecule has 1 saturated carbocycles. The number of likely N-dealkylation sites (tertiary alicyclic amines) is 1. The van der Waals surface area contributed by atoms with E-state index in [0.717, 1.165) is 11.4 Å². The number of amides is 1. The Bertz CT molecular complexity index is 1240. The highest BCUT2D eigenvalue weighted by Gasteiger charge is 2.44. The van der Waals surface area contributed by atoms with Gasteiger partial charge in [0.15, 0.2) is 0 Å². The lowest BCUT2D eigenvalue weighted by atomic mass is 9.78. The number of pyridine rings is 2. The first-order chi connectivity index (χ1) is 15.4. The minimum Gasteiger partial charge on any atom is -0.486 e. The van der Waals surface area contributed by atoms with E-state index >= 15 is 0 Å². The van der Waals surface area contributed by atoms with Gasteiger partial charge in [-0.1, -0.05) is 18.2 Å². The van der Waals surface area contributed by atoms with Crippen molar-refractivity contribution in [2.75, 3.05) is 13.1 Å². The summed E-state index contributed by atoms with van der Waals surface area (Å²) in [5, 5.41) is 11.9. The number of aliphatic hydroxyl groups is 1. The summed E-state index contributed by atoms with van der Waals surface area (Å²) in [4.78, 5) is 34.5. The molecule has 2 aromatic heterocycles. The Kier molecular flexibility index (Phi) is 5.21. The molecule has 2 N–H and O–H groups in total. The van der Waals surface area contributed by atoms with Crippen LogP contribution in [0.2, 0.25) is 0 Å². The number of H-pyrrole nitrogens is 1. The molecule has 0 bridgehead atoms. The van der Waals surface area contributed by atoms with Crippen LogP contribution in [0.4, 0.5) is 0 Å². The number of aryl methyl sites for hydroxylation is 2. The van der Waals surface area contributed by atoms with Crippen molar-refractivity contribution in [2.45, 2.75) is 38.9 Å². The molecule has 1 aliphatic heterocycles. The fourth-order valence-corrected chi connectivity index (χ4v) is 5.20. The van der Waals surface area contributed by atoms with Crippen LogP contribution in [0.3, 0.4) is 0 Å². The number of nitrogens with one attached hydrogen (secondary N) is 1. The van der Waals surface area contributed by atoms with Crippen LogP contribution in [0.15, 0.2) is 47.4 Å². The summed E-state index contributed by atoms with van der Waals surface area (Å²) in [6.07, 6.45) is 1.91. The van der Waals surface area contributed by atoms with Gasteiger partial charge in [0.1, 0.15) is 11.9 Å². The normalized spacial score (nSPS) is 25.0. The van der Waals surface area contributed by atoms with Gasteiger partial charge in [-0.25, -0.2) is 0 Å². The highest BCUT2D eigenvalue weighted by molar-refractivity contribution is 6.06. The van der Waals surface area contributed by atoms with Crippen LogP contribution in [0.5, 0.6) is 5.75 Å². The van der Waals surface area contributed by atoms with E-state index in [4.69, 9.17) is 4.74 Å². The number of aromatic amines is 1. The number of fused-ring (bicyclic) bond motifs is 2. The molecule has 5 rings (SSSR count). The molecule has 2 fully saturated rings. The van der Waals surface area contributed by atoms with E-state index in [-0.39, 0.29) is 29.4 Å². The van der Waals surface area contributed by atoms with Gasteiger partial charge in [-0.2, -0.15) is 0 Å². The lowest BCUT2D eigenvalue weighted by Gasteiger charge is -2.35. The van der Waals surface area contributed by atoms with Crippen molar-refractivity contribution >= 4 is 16.7 Å². The van der Waals surface area contributed by atoms with E-state index in [9.17, 15) is 14.7 Å². The van der Waals surface area contributed by atoms with Crippen molar-refractivity contribution in [1.82, 2.24) is 14.9 Å². The fraction of sp³-hybridized carbons (Fsp3) is 0.400. The van der Waals surface area contributed by atoms with Crippen molar-refractivity contribution in [3.8, 4) is 5.75 Å². The van der Waals surface area contributed by atoms with Crippen LogP contribution in [0.25, 0.3) is 10.8 Å². The van der Waals surface area contributed by atoms with Crippen molar-refractivity contribution in [2.24, 2.45) is 11.8 Å². The Morgan fingerprint density at radius 3 is 2.56 bits per heavy atom. The molecule has 3 heterocycles. The van der Waals surface area contributed by atoms with Crippen LogP contribution in [0.1, 0.15) is 34.6 Å².